The van der Waals surface area contributed by atoms with E-state index in [1.807, 2.05) is 0 Å². The maximum absolute atomic E-state index is 15.3. The van der Waals surface area contributed by atoms with Crippen LogP contribution >= 0.6 is 0 Å². The van der Waals surface area contributed by atoms with E-state index in [1.54, 1.807) is 6.92 Å². The van der Waals surface area contributed by atoms with Crippen molar-refractivity contribution >= 4 is 28.9 Å². The molecule has 0 atom stereocenters. The standard InChI is InChI=1S/C23H14BF10N/c1-2-3-8-35-9-10-6-4-5-7-11(10)24(35,12-14(25)18(29)22(33)19(30)15(12)26)13-16(27)20(31)23(34)21(32)17(13)28/h4-7,9H,2-3,8H2,1H3. The fourth-order valence-electron chi connectivity index (χ4n) is 4.84. The monoisotopic (exact) mass is 505 g/mol. The fraction of sp³-hybridized carbons (Fsp3) is 0.174. The molecular formula is C23H14BF10N. The van der Waals surface area contributed by atoms with E-state index in [4.69, 9.17) is 0 Å². The highest BCUT2D eigenvalue weighted by Crippen LogP contribution is 2.27. The lowest BCUT2D eigenvalue weighted by Crippen LogP contribution is -2.76. The predicted octanol–water partition coefficient (Wildman–Crippen LogP) is 4.29. The van der Waals surface area contributed by atoms with Crippen LogP contribution in [0.4, 0.5) is 43.9 Å². The number of unbranched alkanes of at least 4 members (excludes halogenated alkanes) is 1. The summed E-state index contributed by atoms with van der Waals surface area (Å²) in [5.41, 5.74) is -3.75. The summed E-state index contributed by atoms with van der Waals surface area (Å²) in [5.74, 6) is -24.6. The maximum Gasteiger partial charge on any atom is 0.367 e. The molecule has 0 spiro atoms. The third-order valence-electron chi connectivity index (χ3n) is 6.34. The van der Waals surface area contributed by atoms with Gasteiger partial charge < -0.3 is 4.49 Å². The van der Waals surface area contributed by atoms with Gasteiger partial charge in [0.05, 0.1) is 6.54 Å². The van der Waals surface area contributed by atoms with Gasteiger partial charge in [-0.3, -0.25) is 0 Å². The third-order valence-corrected chi connectivity index (χ3v) is 6.34. The summed E-state index contributed by atoms with van der Waals surface area (Å²) in [5, 5.41) is 0. The topological polar surface area (TPSA) is 3.01 Å². The van der Waals surface area contributed by atoms with E-state index >= 15 is 17.6 Å². The van der Waals surface area contributed by atoms with Crippen LogP contribution in [0.3, 0.4) is 0 Å². The molecule has 1 nitrogen and oxygen atoms in total. The van der Waals surface area contributed by atoms with Crippen LogP contribution in [-0.2, 0) is 0 Å². The SMILES string of the molecule is CCCC[N+]1=Cc2ccccc2[B-]1(c1c(F)c(F)c(F)c(F)c1F)c1c(F)c(F)c(F)c(F)c1F. The summed E-state index contributed by atoms with van der Waals surface area (Å²) in [6.07, 6.45) is -2.40. The number of hydrogen-bond donors (Lipinski definition) is 0. The fourth-order valence-corrected chi connectivity index (χ4v) is 4.84. The number of halogens is 10. The Bertz CT molecular complexity index is 1270. The van der Waals surface area contributed by atoms with Gasteiger partial charge in [-0.25, -0.2) is 43.9 Å². The van der Waals surface area contributed by atoms with Crippen molar-refractivity contribution in [1.29, 1.82) is 0 Å². The Morgan fingerprint density at radius 2 is 1.00 bits per heavy atom. The summed E-state index contributed by atoms with van der Waals surface area (Å²) in [6, 6.07) is 5.05. The molecule has 1 aliphatic rings. The third kappa shape index (κ3) is 3.29. The second-order valence-electron chi connectivity index (χ2n) is 8.14. The van der Waals surface area contributed by atoms with Gasteiger partial charge in [0.1, 0.15) is 29.5 Å². The second-order valence-corrected chi connectivity index (χ2v) is 8.14. The molecule has 0 radical (unpaired) electrons. The summed E-state index contributed by atoms with van der Waals surface area (Å²) in [6.45, 7) is 1.40. The molecule has 35 heavy (non-hydrogen) atoms. The summed E-state index contributed by atoms with van der Waals surface area (Å²) in [4.78, 5) is 0. The summed E-state index contributed by atoms with van der Waals surface area (Å²) < 4.78 is 147. The van der Waals surface area contributed by atoms with Crippen molar-refractivity contribution < 1.29 is 48.4 Å². The van der Waals surface area contributed by atoms with Gasteiger partial charge in [0, 0.05) is 12.0 Å². The van der Waals surface area contributed by atoms with E-state index in [9.17, 15) is 26.3 Å². The van der Waals surface area contributed by atoms with E-state index in [0.717, 1.165) is 16.8 Å². The van der Waals surface area contributed by atoms with E-state index in [1.165, 1.54) is 18.2 Å². The average Bonchev–Trinajstić information content (AvgIpc) is 3.17. The van der Waals surface area contributed by atoms with Crippen molar-refractivity contribution in [3.05, 3.63) is 88.0 Å². The van der Waals surface area contributed by atoms with Crippen LogP contribution in [-0.4, -0.2) is 23.5 Å². The maximum atomic E-state index is 15.3. The first-order valence-corrected chi connectivity index (χ1v) is 10.4. The van der Waals surface area contributed by atoms with Crippen LogP contribution in [0, 0.1) is 58.2 Å². The van der Waals surface area contributed by atoms with Gasteiger partial charge in [-0.1, -0.05) is 37.6 Å². The first-order valence-electron chi connectivity index (χ1n) is 10.4. The smallest absolute Gasteiger partial charge is 0.367 e. The molecule has 1 heterocycles. The summed E-state index contributed by atoms with van der Waals surface area (Å²) in [7, 11) is 0. The molecule has 184 valence electrons. The van der Waals surface area contributed by atoms with Crippen molar-refractivity contribution in [3.63, 3.8) is 0 Å². The van der Waals surface area contributed by atoms with Crippen LogP contribution in [0.2, 0.25) is 0 Å². The number of benzene rings is 3. The van der Waals surface area contributed by atoms with Crippen LogP contribution in [0.15, 0.2) is 24.3 Å². The zero-order chi connectivity index (χ0) is 25.8. The molecule has 0 aromatic heterocycles. The van der Waals surface area contributed by atoms with E-state index < -0.39 is 75.4 Å². The molecular weight excluding hydrogens is 491 g/mol. The van der Waals surface area contributed by atoms with Gasteiger partial charge >= 0.3 is 6.28 Å². The molecule has 3 aromatic rings. The number of hydrogen-bond acceptors (Lipinski definition) is 0. The normalized spacial score (nSPS) is 14.3. The lowest BCUT2D eigenvalue weighted by molar-refractivity contribution is -0.385. The molecule has 0 aliphatic carbocycles. The number of fused-ring (bicyclic) bond motifs is 1. The Morgan fingerprint density at radius 1 is 0.600 bits per heavy atom. The van der Waals surface area contributed by atoms with Gasteiger partial charge in [-0.15, -0.1) is 5.46 Å². The van der Waals surface area contributed by atoms with Gasteiger partial charge in [-0.05, 0) is 10.9 Å². The van der Waals surface area contributed by atoms with Crippen LogP contribution in [0.1, 0.15) is 25.3 Å². The minimum absolute atomic E-state index is 0.0384. The Kier molecular flexibility index (Phi) is 6.18. The van der Waals surface area contributed by atoms with Gasteiger partial charge in [-0.2, -0.15) is 0 Å². The van der Waals surface area contributed by atoms with Gasteiger partial charge in [0.2, 0.25) is 0 Å². The Labute approximate surface area is 192 Å². The van der Waals surface area contributed by atoms with Crippen molar-refractivity contribution in [2.75, 3.05) is 6.54 Å². The van der Waals surface area contributed by atoms with Crippen molar-refractivity contribution in [1.82, 2.24) is 0 Å². The van der Waals surface area contributed by atoms with E-state index in [0.29, 0.717) is 6.42 Å². The highest BCUT2D eigenvalue weighted by molar-refractivity contribution is 7.07. The lowest BCUT2D eigenvalue weighted by Gasteiger charge is -2.37. The highest BCUT2D eigenvalue weighted by Gasteiger charge is 2.56. The second kappa shape index (κ2) is 8.73. The quantitative estimate of drug-likeness (QED) is 0.211. The number of rotatable bonds is 5. The van der Waals surface area contributed by atoms with Crippen LogP contribution in [0.5, 0.6) is 0 Å². The first kappa shape index (κ1) is 24.8. The van der Waals surface area contributed by atoms with Gasteiger partial charge in [0.25, 0.3) is 0 Å². The van der Waals surface area contributed by atoms with Crippen molar-refractivity contribution in [2.24, 2.45) is 0 Å². The molecule has 0 N–H and O–H groups in total. The zero-order valence-electron chi connectivity index (χ0n) is 17.8. The highest BCUT2D eigenvalue weighted by atomic mass is 19.2. The molecule has 1 aliphatic heterocycles. The van der Waals surface area contributed by atoms with E-state index in [2.05, 4.69) is 0 Å². The minimum Gasteiger partial charge on any atom is -0.445 e. The average molecular weight is 505 g/mol. The molecule has 0 amide bonds. The molecule has 0 saturated carbocycles. The van der Waals surface area contributed by atoms with Crippen LogP contribution < -0.4 is 16.4 Å². The lowest BCUT2D eigenvalue weighted by atomic mass is 9.23. The van der Waals surface area contributed by atoms with E-state index in [-0.39, 0.29) is 24.0 Å². The molecule has 12 heteroatoms. The van der Waals surface area contributed by atoms with Crippen LogP contribution in [0.25, 0.3) is 0 Å². The number of nitrogens with zero attached hydrogens (tertiary/aromatic N) is 1. The molecule has 3 aromatic carbocycles. The molecule has 4 rings (SSSR count). The Morgan fingerprint density at radius 3 is 1.43 bits per heavy atom. The first-order chi connectivity index (χ1) is 16.5. The molecule has 0 fully saturated rings. The molecule has 0 bridgehead atoms. The van der Waals surface area contributed by atoms with Crippen molar-refractivity contribution in [3.8, 4) is 0 Å². The zero-order valence-corrected chi connectivity index (χ0v) is 17.8. The molecule has 0 saturated heterocycles. The molecule has 0 unspecified atom stereocenters. The minimum atomic E-state index is -4.12. The predicted molar refractivity (Wildman–Crippen MR) is 109 cm³/mol. The largest absolute Gasteiger partial charge is 0.445 e. The van der Waals surface area contributed by atoms with Crippen molar-refractivity contribution in [2.45, 2.75) is 19.8 Å². The van der Waals surface area contributed by atoms with Gasteiger partial charge in [0.15, 0.2) is 34.9 Å². The Hall–Kier alpha value is -3.31. The Balaban J connectivity index is 2.32. The summed E-state index contributed by atoms with van der Waals surface area (Å²) >= 11 is 0.